The minimum Gasteiger partial charge on any atom is -0.484 e. The number of benzene rings is 4. The molecule has 0 saturated heterocycles. The molecule has 4 aromatic rings. The Morgan fingerprint density at radius 2 is 1.62 bits per heavy atom. The number of carbonyl (C=O) groups excluding carboxylic acids is 1. The van der Waals surface area contributed by atoms with Crippen LogP contribution in [0.1, 0.15) is 11.1 Å². The van der Waals surface area contributed by atoms with Gasteiger partial charge >= 0.3 is 0 Å². The topological polar surface area (TPSA) is 75.7 Å². The number of carbonyl (C=O) groups is 1. The van der Waals surface area contributed by atoms with E-state index in [2.05, 4.69) is 21.2 Å². The Morgan fingerprint density at radius 1 is 0.946 bits per heavy atom. The number of aryl methyl sites for hydroxylation is 1. The van der Waals surface area contributed by atoms with E-state index in [0.717, 1.165) is 11.1 Å². The highest BCUT2D eigenvalue weighted by atomic mass is 79.9. The van der Waals surface area contributed by atoms with Crippen LogP contribution in [0.5, 0.6) is 5.75 Å². The number of sulfonamides is 1. The van der Waals surface area contributed by atoms with Gasteiger partial charge in [0.2, 0.25) is 0 Å². The van der Waals surface area contributed by atoms with Crippen molar-refractivity contribution in [1.29, 1.82) is 0 Å². The van der Waals surface area contributed by atoms with Gasteiger partial charge in [-0.15, -0.1) is 0 Å². The molecule has 1 amide bonds. The monoisotopic (exact) mass is 582 g/mol. The number of anilines is 2. The zero-order valence-electron chi connectivity index (χ0n) is 19.9. The number of nitrogens with one attached hydrogen (secondary N) is 1. The zero-order valence-corrected chi connectivity index (χ0v) is 22.3. The summed E-state index contributed by atoms with van der Waals surface area (Å²) in [7, 11) is -3.86. The number of rotatable bonds is 9. The molecule has 0 heterocycles. The van der Waals surface area contributed by atoms with Crippen LogP contribution >= 0.6 is 15.9 Å². The SMILES string of the molecule is Cc1ccc(S(=O)(=O)N(Cc2ccccc2)c2ccc(OCC(=O)Nc3ccc(Br)cc3F)cc2)cc1. The number of halogens is 2. The standard InChI is InChI=1S/C28H24BrFN2O4S/c1-20-7-14-25(15-8-20)37(34,35)32(18-21-5-3-2-4-6-21)23-10-12-24(13-11-23)36-19-28(33)31-27-16-9-22(29)17-26(27)30/h2-17H,18-19H2,1H3,(H,31,33). The van der Waals surface area contributed by atoms with Gasteiger partial charge in [0.15, 0.2) is 6.61 Å². The normalized spacial score (nSPS) is 11.1. The molecule has 1 N–H and O–H groups in total. The summed E-state index contributed by atoms with van der Waals surface area (Å²) in [6, 6.07) is 26.7. The van der Waals surface area contributed by atoms with Crippen molar-refractivity contribution in [2.45, 2.75) is 18.4 Å². The highest BCUT2D eigenvalue weighted by molar-refractivity contribution is 9.10. The Bertz CT molecular complexity index is 1480. The lowest BCUT2D eigenvalue weighted by molar-refractivity contribution is -0.118. The van der Waals surface area contributed by atoms with Gasteiger partial charge in [0.1, 0.15) is 11.6 Å². The van der Waals surface area contributed by atoms with Crippen LogP contribution in [-0.4, -0.2) is 20.9 Å². The summed E-state index contributed by atoms with van der Waals surface area (Å²) < 4.78 is 48.5. The average molecular weight is 583 g/mol. The summed E-state index contributed by atoms with van der Waals surface area (Å²) in [5.41, 5.74) is 2.28. The third kappa shape index (κ3) is 6.75. The third-order valence-electron chi connectivity index (χ3n) is 5.48. The van der Waals surface area contributed by atoms with Crippen molar-refractivity contribution in [2.24, 2.45) is 0 Å². The van der Waals surface area contributed by atoms with Crippen LogP contribution in [0.15, 0.2) is 106 Å². The van der Waals surface area contributed by atoms with Crippen LogP contribution in [0, 0.1) is 12.7 Å². The van der Waals surface area contributed by atoms with Gasteiger partial charge in [0.05, 0.1) is 22.8 Å². The lowest BCUT2D eigenvalue weighted by Crippen LogP contribution is -2.30. The molecule has 0 aliphatic heterocycles. The van der Waals surface area contributed by atoms with Crippen LogP contribution in [0.2, 0.25) is 0 Å². The molecule has 0 aliphatic carbocycles. The van der Waals surface area contributed by atoms with E-state index in [0.29, 0.717) is 15.9 Å². The second-order valence-electron chi connectivity index (χ2n) is 8.27. The van der Waals surface area contributed by atoms with Crippen LogP contribution < -0.4 is 14.4 Å². The molecule has 0 bridgehead atoms. The molecule has 0 aromatic heterocycles. The molecule has 190 valence electrons. The summed E-state index contributed by atoms with van der Waals surface area (Å²) in [6.07, 6.45) is 0. The summed E-state index contributed by atoms with van der Waals surface area (Å²) in [4.78, 5) is 12.4. The quantitative estimate of drug-likeness (QED) is 0.251. The maximum absolute atomic E-state index is 13.9. The van der Waals surface area contributed by atoms with Gasteiger partial charge in [-0.3, -0.25) is 9.10 Å². The Labute approximate surface area is 223 Å². The van der Waals surface area contributed by atoms with Crippen molar-refractivity contribution in [3.05, 3.63) is 118 Å². The molecular weight excluding hydrogens is 559 g/mol. The Hall–Kier alpha value is -3.69. The van der Waals surface area contributed by atoms with Crippen molar-refractivity contribution in [3.63, 3.8) is 0 Å². The smallest absolute Gasteiger partial charge is 0.264 e. The van der Waals surface area contributed by atoms with Crippen molar-refractivity contribution < 1.29 is 22.3 Å². The minimum atomic E-state index is -3.86. The van der Waals surface area contributed by atoms with Crippen molar-refractivity contribution in [3.8, 4) is 5.75 Å². The third-order valence-corrected chi connectivity index (χ3v) is 7.76. The van der Waals surface area contributed by atoms with Crippen molar-refractivity contribution in [2.75, 3.05) is 16.2 Å². The molecular formula is C28H24BrFN2O4S. The van der Waals surface area contributed by atoms with Gasteiger partial charge in [-0.25, -0.2) is 12.8 Å². The fourth-order valence-electron chi connectivity index (χ4n) is 3.54. The van der Waals surface area contributed by atoms with Crippen LogP contribution in [-0.2, 0) is 21.4 Å². The summed E-state index contributed by atoms with van der Waals surface area (Å²) >= 11 is 3.17. The van der Waals surface area contributed by atoms with E-state index in [1.54, 1.807) is 54.6 Å². The molecule has 37 heavy (non-hydrogen) atoms. The molecule has 4 rings (SSSR count). The largest absolute Gasteiger partial charge is 0.484 e. The maximum atomic E-state index is 13.9. The van der Waals surface area contributed by atoms with E-state index in [9.17, 15) is 17.6 Å². The van der Waals surface area contributed by atoms with Gasteiger partial charge in [-0.05, 0) is 67.1 Å². The Morgan fingerprint density at radius 3 is 2.27 bits per heavy atom. The summed E-state index contributed by atoms with van der Waals surface area (Å²) in [5, 5.41) is 2.46. The van der Waals surface area contributed by atoms with Gasteiger partial charge in [0.25, 0.3) is 15.9 Å². The van der Waals surface area contributed by atoms with Gasteiger partial charge in [0, 0.05) is 4.47 Å². The fourth-order valence-corrected chi connectivity index (χ4v) is 5.32. The molecule has 0 spiro atoms. The number of hydrogen-bond acceptors (Lipinski definition) is 4. The molecule has 0 unspecified atom stereocenters. The lowest BCUT2D eigenvalue weighted by atomic mass is 10.2. The van der Waals surface area contributed by atoms with Crippen molar-refractivity contribution in [1.82, 2.24) is 0 Å². The van der Waals surface area contributed by atoms with Gasteiger partial charge in [-0.2, -0.15) is 0 Å². The predicted molar refractivity (Wildman–Crippen MR) is 146 cm³/mol. The summed E-state index contributed by atoms with van der Waals surface area (Å²) in [5.74, 6) is -0.735. The Kier molecular flexibility index (Phi) is 8.25. The second kappa shape index (κ2) is 11.6. The summed E-state index contributed by atoms with van der Waals surface area (Å²) in [6.45, 7) is 1.69. The molecule has 0 atom stereocenters. The number of ether oxygens (including phenoxy) is 1. The first-order valence-electron chi connectivity index (χ1n) is 11.3. The van der Waals surface area contributed by atoms with Crippen LogP contribution in [0.4, 0.5) is 15.8 Å². The fraction of sp³-hybridized carbons (Fsp3) is 0.107. The first-order chi connectivity index (χ1) is 17.7. The molecule has 0 saturated carbocycles. The molecule has 4 aromatic carbocycles. The molecule has 0 aliphatic rings. The molecule has 0 radical (unpaired) electrons. The molecule has 0 fully saturated rings. The second-order valence-corrected chi connectivity index (χ2v) is 11.0. The average Bonchev–Trinajstić information content (AvgIpc) is 2.89. The van der Waals surface area contributed by atoms with E-state index in [-0.39, 0.29) is 23.7 Å². The van der Waals surface area contributed by atoms with Crippen molar-refractivity contribution >= 4 is 43.2 Å². The van der Waals surface area contributed by atoms with E-state index in [1.807, 2.05) is 37.3 Å². The number of amides is 1. The highest BCUT2D eigenvalue weighted by Gasteiger charge is 2.25. The van der Waals surface area contributed by atoms with Crippen LogP contribution in [0.25, 0.3) is 0 Å². The van der Waals surface area contributed by atoms with Crippen LogP contribution in [0.3, 0.4) is 0 Å². The lowest BCUT2D eigenvalue weighted by Gasteiger charge is -2.25. The minimum absolute atomic E-state index is 0.0463. The molecule has 6 nitrogen and oxygen atoms in total. The number of hydrogen-bond donors (Lipinski definition) is 1. The van der Waals surface area contributed by atoms with Gasteiger partial charge < -0.3 is 10.1 Å². The highest BCUT2D eigenvalue weighted by Crippen LogP contribution is 2.28. The van der Waals surface area contributed by atoms with E-state index >= 15 is 0 Å². The predicted octanol–water partition coefficient (Wildman–Crippen LogP) is 6.31. The first-order valence-corrected chi connectivity index (χ1v) is 13.6. The Balaban J connectivity index is 1.50. The zero-order chi connectivity index (χ0) is 26.4. The van der Waals surface area contributed by atoms with Gasteiger partial charge in [-0.1, -0.05) is 64.0 Å². The van der Waals surface area contributed by atoms with E-state index in [4.69, 9.17) is 4.74 Å². The maximum Gasteiger partial charge on any atom is 0.264 e. The van der Waals surface area contributed by atoms with E-state index < -0.39 is 21.7 Å². The number of nitrogens with zero attached hydrogens (tertiary/aromatic N) is 1. The van der Waals surface area contributed by atoms with E-state index in [1.165, 1.54) is 16.4 Å². The first kappa shape index (κ1) is 26.4. The molecule has 9 heteroatoms.